The maximum atomic E-state index is 11.4. The summed E-state index contributed by atoms with van der Waals surface area (Å²) in [6.45, 7) is 0. The molecule has 1 heterocycles. The van der Waals surface area contributed by atoms with Crippen molar-refractivity contribution in [3.05, 3.63) is 48.2 Å². The number of sulfone groups is 1. The number of oxime groups is 1. The predicted octanol–water partition coefficient (Wildman–Crippen LogP) is 1.96. The second kappa shape index (κ2) is 5.19. The molecule has 0 atom stereocenters. The Morgan fingerprint density at radius 1 is 1.16 bits per heavy atom. The SMILES string of the molecule is CS(=O)(=O)c1ccc(-c2cccc(/C=N/O)n2)cc1. The van der Waals surface area contributed by atoms with Gasteiger partial charge in [0.2, 0.25) is 0 Å². The van der Waals surface area contributed by atoms with Gasteiger partial charge in [0.1, 0.15) is 0 Å². The molecule has 0 aliphatic rings. The molecule has 0 spiro atoms. The Labute approximate surface area is 111 Å². The van der Waals surface area contributed by atoms with Crippen LogP contribution in [0.4, 0.5) is 0 Å². The lowest BCUT2D eigenvalue weighted by atomic mass is 10.1. The lowest BCUT2D eigenvalue weighted by molar-refractivity contribution is 0.321. The third-order valence-electron chi connectivity index (χ3n) is 2.54. The summed E-state index contributed by atoms with van der Waals surface area (Å²) in [6, 6.07) is 11.7. The summed E-state index contributed by atoms with van der Waals surface area (Å²) < 4.78 is 22.7. The average molecular weight is 276 g/mol. The topological polar surface area (TPSA) is 79.6 Å². The Bertz CT molecular complexity index is 707. The van der Waals surface area contributed by atoms with E-state index in [1.165, 1.54) is 12.5 Å². The van der Waals surface area contributed by atoms with Crippen molar-refractivity contribution in [2.45, 2.75) is 4.90 Å². The molecule has 0 aliphatic carbocycles. The molecule has 0 saturated carbocycles. The van der Waals surface area contributed by atoms with Gasteiger partial charge in [-0.15, -0.1) is 0 Å². The Morgan fingerprint density at radius 3 is 2.42 bits per heavy atom. The van der Waals surface area contributed by atoms with E-state index < -0.39 is 9.84 Å². The number of nitrogens with zero attached hydrogens (tertiary/aromatic N) is 2. The molecule has 98 valence electrons. The maximum absolute atomic E-state index is 11.4. The summed E-state index contributed by atoms with van der Waals surface area (Å²) in [4.78, 5) is 4.53. The van der Waals surface area contributed by atoms with E-state index in [1.807, 2.05) is 0 Å². The van der Waals surface area contributed by atoms with Gasteiger partial charge in [0.15, 0.2) is 9.84 Å². The van der Waals surface area contributed by atoms with Crippen LogP contribution in [0.15, 0.2) is 52.5 Å². The largest absolute Gasteiger partial charge is 0.411 e. The molecule has 1 aromatic heterocycles. The first-order valence-corrected chi connectivity index (χ1v) is 7.35. The Morgan fingerprint density at radius 2 is 1.84 bits per heavy atom. The van der Waals surface area contributed by atoms with Crippen LogP contribution in [0.2, 0.25) is 0 Å². The van der Waals surface area contributed by atoms with Crippen LogP contribution in [-0.2, 0) is 9.84 Å². The average Bonchev–Trinajstić information content (AvgIpc) is 2.39. The minimum atomic E-state index is -3.19. The molecule has 0 amide bonds. The molecule has 2 aromatic rings. The highest BCUT2D eigenvalue weighted by atomic mass is 32.2. The molecule has 1 aromatic carbocycles. The third kappa shape index (κ3) is 3.17. The molecule has 19 heavy (non-hydrogen) atoms. The van der Waals surface area contributed by atoms with Gasteiger partial charge in [-0.05, 0) is 24.3 Å². The fraction of sp³-hybridized carbons (Fsp3) is 0.0769. The second-order valence-corrected chi connectivity index (χ2v) is 6.00. The van der Waals surface area contributed by atoms with Gasteiger partial charge in [-0.2, -0.15) is 0 Å². The lowest BCUT2D eigenvalue weighted by Crippen LogP contribution is -1.96. The van der Waals surface area contributed by atoms with E-state index in [9.17, 15) is 8.42 Å². The van der Waals surface area contributed by atoms with E-state index in [1.54, 1.807) is 42.5 Å². The molecule has 0 unspecified atom stereocenters. The molecular formula is C13H12N2O3S. The van der Waals surface area contributed by atoms with Gasteiger partial charge in [0, 0.05) is 11.8 Å². The first-order chi connectivity index (χ1) is 9.00. The molecular weight excluding hydrogens is 264 g/mol. The van der Waals surface area contributed by atoms with E-state index in [0.717, 1.165) is 5.56 Å². The lowest BCUT2D eigenvalue weighted by Gasteiger charge is -2.03. The third-order valence-corrected chi connectivity index (χ3v) is 3.67. The van der Waals surface area contributed by atoms with Crippen molar-refractivity contribution >= 4 is 16.1 Å². The van der Waals surface area contributed by atoms with E-state index >= 15 is 0 Å². The standard InChI is InChI=1S/C13H12N2O3S/c1-19(17,18)12-7-5-10(6-8-12)13-4-2-3-11(15-13)9-14-16/h2-9,16H,1H3/b14-9+. The highest BCUT2D eigenvalue weighted by Crippen LogP contribution is 2.19. The van der Waals surface area contributed by atoms with Gasteiger partial charge in [-0.3, -0.25) is 0 Å². The van der Waals surface area contributed by atoms with Crippen LogP contribution in [0.1, 0.15) is 5.69 Å². The maximum Gasteiger partial charge on any atom is 0.175 e. The molecule has 2 rings (SSSR count). The summed E-state index contributed by atoms with van der Waals surface area (Å²) >= 11 is 0. The highest BCUT2D eigenvalue weighted by Gasteiger charge is 2.07. The highest BCUT2D eigenvalue weighted by molar-refractivity contribution is 7.90. The molecule has 0 bridgehead atoms. The Kier molecular flexibility index (Phi) is 3.62. The summed E-state index contributed by atoms with van der Waals surface area (Å²) in [5.41, 5.74) is 1.99. The van der Waals surface area contributed by atoms with Gasteiger partial charge in [0.25, 0.3) is 0 Å². The second-order valence-electron chi connectivity index (χ2n) is 3.99. The van der Waals surface area contributed by atoms with Gasteiger partial charge in [-0.25, -0.2) is 13.4 Å². The number of rotatable bonds is 3. The number of pyridine rings is 1. The fourth-order valence-corrected chi connectivity index (χ4v) is 2.25. The normalized spacial score (nSPS) is 11.8. The number of benzene rings is 1. The number of aromatic nitrogens is 1. The van der Waals surface area contributed by atoms with Gasteiger partial charge in [0.05, 0.1) is 22.5 Å². The van der Waals surface area contributed by atoms with Crippen molar-refractivity contribution in [1.82, 2.24) is 4.98 Å². The first kappa shape index (κ1) is 13.2. The fourth-order valence-electron chi connectivity index (χ4n) is 1.62. The monoisotopic (exact) mass is 276 g/mol. The molecule has 0 radical (unpaired) electrons. The minimum Gasteiger partial charge on any atom is -0.411 e. The van der Waals surface area contributed by atoms with Gasteiger partial charge >= 0.3 is 0 Å². The van der Waals surface area contributed by atoms with E-state index in [0.29, 0.717) is 11.4 Å². The molecule has 0 saturated heterocycles. The quantitative estimate of drug-likeness (QED) is 0.528. The van der Waals surface area contributed by atoms with Crippen LogP contribution in [0, 0.1) is 0 Å². The molecule has 5 nitrogen and oxygen atoms in total. The van der Waals surface area contributed by atoms with Crippen molar-refractivity contribution in [2.75, 3.05) is 6.26 Å². The number of hydrogen-bond acceptors (Lipinski definition) is 5. The van der Waals surface area contributed by atoms with Crippen LogP contribution in [0.3, 0.4) is 0 Å². The van der Waals surface area contributed by atoms with Crippen molar-refractivity contribution in [1.29, 1.82) is 0 Å². The summed E-state index contributed by atoms with van der Waals surface area (Å²) in [5, 5.41) is 11.4. The molecule has 1 N–H and O–H groups in total. The van der Waals surface area contributed by atoms with Crippen molar-refractivity contribution in [3.8, 4) is 11.3 Å². The summed E-state index contributed by atoms with van der Waals surface area (Å²) in [5.74, 6) is 0. The smallest absolute Gasteiger partial charge is 0.175 e. The van der Waals surface area contributed by atoms with Crippen LogP contribution < -0.4 is 0 Å². The van der Waals surface area contributed by atoms with Crippen LogP contribution in [0.5, 0.6) is 0 Å². The zero-order valence-corrected chi connectivity index (χ0v) is 11.0. The molecule has 6 heteroatoms. The van der Waals surface area contributed by atoms with Gasteiger partial charge < -0.3 is 5.21 Å². The Balaban J connectivity index is 2.40. The summed E-state index contributed by atoms with van der Waals surface area (Å²) in [7, 11) is -3.19. The molecule has 0 fully saturated rings. The van der Waals surface area contributed by atoms with Crippen molar-refractivity contribution < 1.29 is 13.6 Å². The molecule has 0 aliphatic heterocycles. The van der Waals surface area contributed by atoms with Crippen LogP contribution in [0.25, 0.3) is 11.3 Å². The van der Waals surface area contributed by atoms with Gasteiger partial charge in [-0.1, -0.05) is 23.4 Å². The number of hydrogen-bond donors (Lipinski definition) is 1. The first-order valence-electron chi connectivity index (χ1n) is 5.46. The van der Waals surface area contributed by atoms with Crippen LogP contribution >= 0.6 is 0 Å². The van der Waals surface area contributed by atoms with E-state index in [-0.39, 0.29) is 4.90 Å². The van der Waals surface area contributed by atoms with Crippen molar-refractivity contribution in [3.63, 3.8) is 0 Å². The minimum absolute atomic E-state index is 0.268. The van der Waals surface area contributed by atoms with E-state index in [2.05, 4.69) is 10.1 Å². The zero-order valence-electron chi connectivity index (χ0n) is 10.2. The summed E-state index contributed by atoms with van der Waals surface area (Å²) in [6.07, 6.45) is 2.40. The Hall–Kier alpha value is -2.21. The van der Waals surface area contributed by atoms with Crippen LogP contribution in [-0.4, -0.2) is 31.1 Å². The van der Waals surface area contributed by atoms with E-state index in [4.69, 9.17) is 5.21 Å². The van der Waals surface area contributed by atoms with Crippen molar-refractivity contribution in [2.24, 2.45) is 5.16 Å². The predicted molar refractivity (Wildman–Crippen MR) is 72.2 cm³/mol. The zero-order chi connectivity index (χ0) is 13.9.